The molecular formula is C17H18FN3O. The van der Waals surface area contributed by atoms with Crippen molar-refractivity contribution < 1.29 is 9.18 Å². The largest absolute Gasteiger partial charge is 0.324 e. The van der Waals surface area contributed by atoms with E-state index in [2.05, 4.69) is 4.98 Å². The summed E-state index contributed by atoms with van der Waals surface area (Å²) in [4.78, 5) is 20.4. The Morgan fingerprint density at radius 3 is 2.55 bits per heavy atom. The quantitative estimate of drug-likeness (QED) is 0.870. The molecule has 0 bridgehead atoms. The molecule has 4 nitrogen and oxygen atoms in total. The standard InChI is InChI=1S/C17H18FN3O/c18-15-5-7-16(8-6-15)21(13-14-4-3-9-19-12-14)17(22)20-10-1-2-11-20/h3-9,12H,1-2,10-11,13H2. The number of halogens is 1. The van der Waals surface area contributed by atoms with E-state index >= 15 is 0 Å². The second kappa shape index (κ2) is 6.56. The van der Waals surface area contributed by atoms with E-state index < -0.39 is 0 Å². The summed E-state index contributed by atoms with van der Waals surface area (Å²) < 4.78 is 13.2. The first-order valence-corrected chi connectivity index (χ1v) is 7.45. The second-order valence-electron chi connectivity index (χ2n) is 5.40. The molecule has 0 atom stereocenters. The number of hydrogen-bond acceptors (Lipinski definition) is 2. The average Bonchev–Trinajstić information content (AvgIpc) is 3.08. The molecule has 2 aromatic rings. The number of urea groups is 1. The third kappa shape index (κ3) is 3.24. The molecule has 1 saturated heterocycles. The van der Waals surface area contributed by atoms with E-state index in [9.17, 15) is 9.18 Å². The molecule has 1 aromatic heterocycles. The summed E-state index contributed by atoms with van der Waals surface area (Å²) in [5.74, 6) is -0.307. The Balaban J connectivity index is 1.87. The molecule has 0 spiro atoms. The summed E-state index contributed by atoms with van der Waals surface area (Å²) in [7, 11) is 0. The molecule has 0 unspecified atom stereocenters. The van der Waals surface area contributed by atoms with Gasteiger partial charge in [0.2, 0.25) is 0 Å². The molecule has 2 amide bonds. The van der Waals surface area contributed by atoms with Gasteiger partial charge in [-0.1, -0.05) is 6.07 Å². The average molecular weight is 299 g/mol. The normalized spacial score (nSPS) is 14.1. The fraction of sp³-hybridized carbons (Fsp3) is 0.294. The maximum Gasteiger partial charge on any atom is 0.324 e. The lowest BCUT2D eigenvalue weighted by Gasteiger charge is -2.28. The number of likely N-dealkylation sites (tertiary alicyclic amines) is 1. The third-order valence-electron chi connectivity index (χ3n) is 3.81. The van der Waals surface area contributed by atoms with Crippen LogP contribution in [0.2, 0.25) is 0 Å². The van der Waals surface area contributed by atoms with Crippen molar-refractivity contribution in [3.63, 3.8) is 0 Å². The van der Waals surface area contributed by atoms with Crippen molar-refractivity contribution in [2.75, 3.05) is 18.0 Å². The van der Waals surface area contributed by atoms with E-state index in [1.165, 1.54) is 12.1 Å². The van der Waals surface area contributed by atoms with Crippen LogP contribution < -0.4 is 4.90 Å². The van der Waals surface area contributed by atoms with Gasteiger partial charge >= 0.3 is 6.03 Å². The number of amides is 2. The van der Waals surface area contributed by atoms with Gasteiger partial charge in [-0.05, 0) is 48.7 Å². The van der Waals surface area contributed by atoms with Crippen molar-refractivity contribution in [1.29, 1.82) is 0 Å². The van der Waals surface area contributed by atoms with Crippen molar-refractivity contribution in [2.45, 2.75) is 19.4 Å². The van der Waals surface area contributed by atoms with Crippen LogP contribution in [0.1, 0.15) is 18.4 Å². The summed E-state index contributed by atoms with van der Waals surface area (Å²) in [6.45, 7) is 1.99. The third-order valence-corrected chi connectivity index (χ3v) is 3.81. The number of carbonyl (C=O) groups is 1. The molecule has 114 valence electrons. The lowest BCUT2D eigenvalue weighted by Crippen LogP contribution is -2.41. The van der Waals surface area contributed by atoms with Gasteiger partial charge in [0.05, 0.1) is 6.54 Å². The van der Waals surface area contributed by atoms with E-state index in [1.54, 1.807) is 29.4 Å². The van der Waals surface area contributed by atoms with Crippen LogP contribution in [0.3, 0.4) is 0 Å². The van der Waals surface area contributed by atoms with Crippen LogP contribution in [-0.2, 0) is 6.54 Å². The first kappa shape index (κ1) is 14.5. The molecule has 1 aliphatic rings. The predicted molar refractivity (Wildman–Crippen MR) is 83.0 cm³/mol. The summed E-state index contributed by atoms with van der Waals surface area (Å²) in [6.07, 6.45) is 5.52. The van der Waals surface area contributed by atoms with Crippen molar-refractivity contribution in [1.82, 2.24) is 9.88 Å². The van der Waals surface area contributed by atoms with Crippen LogP contribution in [-0.4, -0.2) is 29.0 Å². The number of hydrogen-bond donors (Lipinski definition) is 0. The van der Waals surface area contributed by atoms with E-state index in [0.29, 0.717) is 12.2 Å². The molecule has 22 heavy (non-hydrogen) atoms. The summed E-state index contributed by atoms with van der Waals surface area (Å²) in [5.41, 5.74) is 1.64. The highest BCUT2D eigenvalue weighted by Crippen LogP contribution is 2.21. The fourth-order valence-corrected chi connectivity index (χ4v) is 2.64. The van der Waals surface area contributed by atoms with Crippen molar-refractivity contribution in [2.24, 2.45) is 0 Å². The van der Waals surface area contributed by atoms with Crippen LogP contribution in [0.15, 0.2) is 48.8 Å². The number of nitrogens with zero attached hydrogens (tertiary/aromatic N) is 3. The molecule has 1 aliphatic heterocycles. The topological polar surface area (TPSA) is 36.4 Å². The van der Waals surface area contributed by atoms with Gasteiger partial charge in [0.15, 0.2) is 0 Å². The smallest absolute Gasteiger partial charge is 0.324 e. The van der Waals surface area contributed by atoms with Gasteiger partial charge < -0.3 is 4.90 Å². The Labute approximate surface area is 129 Å². The molecule has 1 aromatic carbocycles. The van der Waals surface area contributed by atoms with Gasteiger partial charge in [0.25, 0.3) is 0 Å². The Kier molecular flexibility index (Phi) is 4.32. The van der Waals surface area contributed by atoms with Crippen molar-refractivity contribution in [3.8, 4) is 0 Å². The highest BCUT2D eigenvalue weighted by Gasteiger charge is 2.25. The van der Waals surface area contributed by atoms with Crippen LogP contribution >= 0.6 is 0 Å². The number of rotatable bonds is 3. The minimum Gasteiger partial charge on any atom is -0.324 e. The first-order chi connectivity index (χ1) is 10.7. The Morgan fingerprint density at radius 2 is 1.91 bits per heavy atom. The molecule has 0 radical (unpaired) electrons. The second-order valence-corrected chi connectivity index (χ2v) is 5.40. The molecule has 3 rings (SSSR count). The lowest BCUT2D eigenvalue weighted by atomic mass is 10.2. The molecule has 2 heterocycles. The summed E-state index contributed by atoms with van der Waals surface area (Å²) in [5, 5.41) is 0. The van der Waals surface area contributed by atoms with Crippen molar-refractivity contribution >= 4 is 11.7 Å². The molecule has 1 fully saturated rings. The highest BCUT2D eigenvalue weighted by atomic mass is 19.1. The fourth-order valence-electron chi connectivity index (χ4n) is 2.64. The SMILES string of the molecule is O=C(N1CCCC1)N(Cc1cccnc1)c1ccc(F)cc1. The Morgan fingerprint density at radius 1 is 1.18 bits per heavy atom. The van der Waals surface area contributed by atoms with Gasteiger partial charge in [-0.25, -0.2) is 9.18 Å². The van der Waals surface area contributed by atoms with E-state index in [-0.39, 0.29) is 11.8 Å². The summed E-state index contributed by atoms with van der Waals surface area (Å²) in [6, 6.07) is 9.78. The maximum atomic E-state index is 13.2. The number of aromatic nitrogens is 1. The zero-order valence-corrected chi connectivity index (χ0v) is 12.3. The minimum atomic E-state index is -0.307. The van der Waals surface area contributed by atoms with Crippen LogP contribution in [0, 0.1) is 5.82 Å². The number of anilines is 1. The van der Waals surface area contributed by atoms with Crippen LogP contribution in [0.5, 0.6) is 0 Å². The molecular weight excluding hydrogens is 281 g/mol. The lowest BCUT2D eigenvalue weighted by molar-refractivity contribution is 0.215. The van der Waals surface area contributed by atoms with Gasteiger partial charge in [0.1, 0.15) is 5.82 Å². The van der Waals surface area contributed by atoms with E-state index in [1.807, 2.05) is 17.0 Å². The first-order valence-electron chi connectivity index (χ1n) is 7.45. The highest BCUT2D eigenvalue weighted by molar-refractivity contribution is 5.92. The maximum absolute atomic E-state index is 13.2. The molecule has 0 aliphatic carbocycles. The van der Waals surface area contributed by atoms with Crippen LogP contribution in [0.25, 0.3) is 0 Å². The van der Waals surface area contributed by atoms with Gasteiger partial charge in [-0.3, -0.25) is 9.88 Å². The molecule has 0 N–H and O–H groups in total. The monoisotopic (exact) mass is 299 g/mol. The summed E-state index contributed by atoms with van der Waals surface area (Å²) >= 11 is 0. The zero-order valence-electron chi connectivity index (χ0n) is 12.3. The predicted octanol–water partition coefficient (Wildman–Crippen LogP) is 3.44. The van der Waals surface area contributed by atoms with Gasteiger partial charge in [-0.15, -0.1) is 0 Å². The van der Waals surface area contributed by atoms with E-state index in [0.717, 1.165) is 31.5 Å². The number of carbonyl (C=O) groups excluding carboxylic acids is 1. The minimum absolute atomic E-state index is 0.0343. The van der Waals surface area contributed by atoms with Crippen molar-refractivity contribution in [3.05, 3.63) is 60.2 Å². The molecule has 5 heteroatoms. The van der Waals surface area contributed by atoms with Crippen LogP contribution in [0.4, 0.5) is 14.9 Å². The zero-order chi connectivity index (χ0) is 15.4. The van der Waals surface area contributed by atoms with Gasteiger partial charge in [0, 0.05) is 31.2 Å². The van der Waals surface area contributed by atoms with E-state index in [4.69, 9.17) is 0 Å². The number of benzene rings is 1. The number of pyridine rings is 1. The Bertz CT molecular complexity index is 624. The van der Waals surface area contributed by atoms with Gasteiger partial charge in [-0.2, -0.15) is 0 Å². The molecule has 0 saturated carbocycles. The Hall–Kier alpha value is -2.43.